The summed E-state index contributed by atoms with van der Waals surface area (Å²) in [5.41, 5.74) is 0. The average molecular weight is 146 g/mol. The van der Waals surface area contributed by atoms with Crippen LogP contribution in [0.3, 0.4) is 0 Å². The molecule has 0 N–H and O–H groups in total. The minimum atomic E-state index is 0. The van der Waals surface area contributed by atoms with Gasteiger partial charge in [-0.3, -0.25) is 0 Å². The Labute approximate surface area is 49.8 Å². The van der Waals surface area contributed by atoms with Gasteiger partial charge in [-0.05, 0) is 0 Å². The van der Waals surface area contributed by atoms with E-state index in [2.05, 4.69) is 0 Å². The molecule has 0 aromatic carbocycles. The van der Waals surface area contributed by atoms with Crippen molar-refractivity contribution in [1.82, 2.24) is 0 Å². The van der Waals surface area contributed by atoms with Gasteiger partial charge in [-0.1, -0.05) is 0 Å². The molecule has 0 fully saturated rings. The zero-order chi connectivity index (χ0) is 0. The van der Waals surface area contributed by atoms with Crippen LogP contribution in [0.2, 0.25) is 0 Å². The Balaban J connectivity index is 0. The Morgan fingerprint density at radius 2 is 0.750 bits per heavy atom. The fourth-order valence-corrected chi connectivity index (χ4v) is 0. The molecule has 0 aliphatic carbocycles. The molecule has 0 aromatic heterocycles. The first-order valence-corrected chi connectivity index (χ1v) is 0. The van der Waals surface area contributed by atoms with Crippen molar-refractivity contribution >= 4 is 27.0 Å². The van der Waals surface area contributed by atoms with E-state index in [4.69, 9.17) is 0 Å². The normalized spacial score (nSPS) is 0. The van der Waals surface area contributed by atoms with E-state index in [-0.39, 0.29) is 49.5 Å². The fourth-order valence-electron chi connectivity index (χ4n) is 0. The first-order valence-electron chi connectivity index (χ1n) is 0. The zero-order valence-corrected chi connectivity index (χ0v) is 4.33. The van der Waals surface area contributed by atoms with Gasteiger partial charge in [0.15, 0.2) is 0 Å². The molecule has 0 atom stereocenters. The quantitative estimate of drug-likeness (QED) is 0.257. The van der Waals surface area contributed by atoms with Crippen LogP contribution in [0.5, 0.6) is 0 Å². The maximum Gasteiger partial charge on any atom is 2.00 e. The van der Waals surface area contributed by atoms with Gasteiger partial charge in [-0.25, -0.2) is 0 Å². The molecule has 0 unspecified atom stereocenters. The molecule has 0 aliphatic rings. The number of rotatable bonds is 0. The standard InChI is InChI=1S/Cu.O.2H2S/h;;2*1H2/q+2;;;/p-2. The van der Waals surface area contributed by atoms with Crippen LogP contribution in [0.1, 0.15) is 0 Å². The zero-order valence-electron chi connectivity index (χ0n) is 1.60. The molecule has 31 valence electrons. The molecular formula is H2CuOS2. The number of hydrogen-bond donors (Lipinski definition) is 0. The van der Waals surface area contributed by atoms with E-state index in [1.54, 1.807) is 0 Å². The smallest absolute Gasteiger partial charge is 0.813 e. The molecule has 0 bridgehead atoms. The van der Waals surface area contributed by atoms with Crippen LogP contribution in [0.15, 0.2) is 0 Å². The van der Waals surface area contributed by atoms with Crippen LogP contribution in [-0.2, 0) is 49.5 Å². The summed E-state index contributed by atoms with van der Waals surface area (Å²) in [4.78, 5) is 0. The third-order valence-electron chi connectivity index (χ3n) is 0. The number of thiol groups is 2. The Morgan fingerprint density at radius 3 is 0.750 bits per heavy atom. The molecule has 1 nitrogen and oxygen atoms in total. The molecule has 0 heterocycles. The monoisotopic (exact) mass is 145 g/mol. The summed E-state index contributed by atoms with van der Waals surface area (Å²) in [5.74, 6) is 0. The Morgan fingerprint density at radius 1 is 0.750 bits per heavy atom. The van der Waals surface area contributed by atoms with Crippen molar-refractivity contribution in [3.05, 3.63) is 0 Å². The minimum Gasteiger partial charge on any atom is -0.813 e. The van der Waals surface area contributed by atoms with Crippen LogP contribution < -0.4 is 0 Å². The summed E-state index contributed by atoms with van der Waals surface area (Å²) in [5, 5.41) is 0. The Kier molecular flexibility index (Phi) is 494. The van der Waals surface area contributed by atoms with Crippen molar-refractivity contribution < 1.29 is 22.5 Å². The Bertz CT molecular complexity index is 6.00. The predicted octanol–water partition coefficient (Wildman–Crippen LogP) is -0.661. The van der Waals surface area contributed by atoms with Gasteiger partial charge in [0.25, 0.3) is 0 Å². The van der Waals surface area contributed by atoms with Crippen molar-refractivity contribution in [2.24, 2.45) is 0 Å². The molecule has 0 rings (SSSR count). The van der Waals surface area contributed by atoms with Gasteiger partial charge in [0.2, 0.25) is 0 Å². The summed E-state index contributed by atoms with van der Waals surface area (Å²) in [7, 11) is 0. The van der Waals surface area contributed by atoms with Crippen molar-refractivity contribution in [2.45, 2.75) is 0 Å². The molecule has 0 saturated heterocycles. The SMILES string of the molecule is [Cu+2].[O].[SH-].[SH-]. The maximum absolute atomic E-state index is 0. The van der Waals surface area contributed by atoms with Crippen LogP contribution in [-0.4, -0.2) is 0 Å². The number of hydrogen-bond acceptors (Lipinski definition) is 2. The van der Waals surface area contributed by atoms with E-state index in [9.17, 15) is 0 Å². The summed E-state index contributed by atoms with van der Waals surface area (Å²) in [6, 6.07) is 0. The molecule has 4 heavy (non-hydrogen) atoms. The van der Waals surface area contributed by atoms with Gasteiger partial charge in [0.1, 0.15) is 0 Å². The first kappa shape index (κ1) is 65.0. The van der Waals surface area contributed by atoms with Gasteiger partial charge in [-0.2, -0.15) is 0 Å². The van der Waals surface area contributed by atoms with Crippen molar-refractivity contribution in [2.75, 3.05) is 0 Å². The van der Waals surface area contributed by atoms with Crippen LogP contribution in [0.25, 0.3) is 0 Å². The third-order valence-corrected chi connectivity index (χ3v) is 0. The predicted molar refractivity (Wildman–Crippen MR) is 18.2 cm³/mol. The minimum absolute atomic E-state index is 0. The largest absolute Gasteiger partial charge is 2.00 e. The van der Waals surface area contributed by atoms with E-state index < -0.39 is 0 Å². The first-order chi connectivity index (χ1) is 0. The molecule has 0 saturated carbocycles. The van der Waals surface area contributed by atoms with E-state index in [1.807, 2.05) is 0 Å². The van der Waals surface area contributed by atoms with E-state index in [0.29, 0.717) is 0 Å². The summed E-state index contributed by atoms with van der Waals surface area (Å²) in [6.45, 7) is 0. The molecule has 3 radical (unpaired) electrons. The fraction of sp³-hybridized carbons (Fsp3) is 0. The summed E-state index contributed by atoms with van der Waals surface area (Å²) in [6.07, 6.45) is 0. The molecule has 4 heteroatoms. The average Bonchev–Trinajstić information content (AvgIpc) is 0. The van der Waals surface area contributed by atoms with Gasteiger partial charge in [-0.15, -0.1) is 0 Å². The van der Waals surface area contributed by atoms with E-state index in [1.165, 1.54) is 0 Å². The van der Waals surface area contributed by atoms with Gasteiger partial charge in [0.05, 0.1) is 0 Å². The summed E-state index contributed by atoms with van der Waals surface area (Å²) >= 11 is 0. The third kappa shape index (κ3) is 10.9. The van der Waals surface area contributed by atoms with Crippen LogP contribution >= 0.6 is 0 Å². The van der Waals surface area contributed by atoms with Gasteiger partial charge < -0.3 is 27.0 Å². The van der Waals surface area contributed by atoms with Crippen molar-refractivity contribution in [3.63, 3.8) is 0 Å². The molecule has 0 aliphatic heterocycles. The molecular weight excluding hydrogens is 144 g/mol. The van der Waals surface area contributed by atoms with E-state index >= 15 is 0 Å². The second-order valence-electron chi connectivity index (χ2n) is 0. The van der Waals surface area contributed by atoms with Gasteiger partial charge >= 0.3 is 17.1 Å². The molecule has 0 spiro atoms. The maximum atomic E-state index is 0. The second kappa shape index (κ2) is 30.4. The topological polar surface area (TPSA) is 28.5 Å². The second-order valence-corrected chi connectivity index (χ2v) is 0. The molecule has 0 amide bonds. The van der Waals surface area contributed by atoms with Crippen molar-refractivity contribution in [1.29, 1.82) is 0 Å². The van der Waals surface area contributed by atoms with Crippen LogP contribution in [0, 0.1) is 0 Å². The van der Waals surface area contributed by atoms with E-state index in [0.717, 1.165) is 0 Å². The summed E-state index contributed by atoms with van der Waals surface area (Å²) < 4.78 is 0. The van der Waals surface area contributed by atoms with Gasteiger partial charge in [0, 0.05) is 5.48 Å². The molecule has 0 aromatic rings. The van der Waals surface area contributed by atoms with Crippen molar-refractivity contribution in [3.8, 4) is 0 Å². The Hall–Kier alpha value is 1.18. The van der Waals surface area contributed by atoms with Crippen LogP contribution in [0.4, 0.5) is 0 Å².